The van der Waals surface area contributed by atoms with E-state index in [1.807, 2.05) is 42.3 Å². The van der Waals surface area contributed by atoms with Gasteiger partial charge in [0.1, 0.15) is 6.61 Å². The number of esters is 2. The number of carbonyl (C=O) groups is 2. The lowest BCUT2D eigenvalue weighted by atomic mass is 9.80. The smallest absolute Gasteiger partial charge is 0.336 e. The summed E-state index contributed by atoms with van der Waals surface area (Å²) in [7, 11) is -0.823. The topological polar surface area (TPSA) is 165 Å². The number of allylic oxidation sites excluding steroid dienone is 2. The van der Waals surface area contributed by atoms with Crippen LogP contribution in [-0.2, 0) is 35.7 Å². The molecule has 2 N–H and O–H groups in total. The predicted octanol–water partition coefficient (Wildman–Crippen LogP) is 4.61. The predicted molar refractivity (Wildman–Crippen MR) is 166 cm³/mol. The molecule has 3 aromatic rings. The van der Waals surface area contributed by atoms with E-state index in [0.717, 1.165) is 5.56 Å². The van der Waals surface area contributed by atoms with E-state index < -0.39 is 32.9 Å². The minimum Gasteiger partial charge on any atom is -0.466 e. The van der Waals surface area contributed by atoms with E-state index in [2.05, 4.69) is 5.32 Å². The molecule has 0 saturated heterocycles. The first-order valence-electron chi connectivity index (χ1n) is 13.8. The van der Waals surface area contributed by atoms with E-state index in [1.165, 1.54) is 37.4 Å². The summed E-state index contributed by atoms with van der Waals surface area (Å²) < 4.78 is 39.8. The maximum absolute atomic E-state index is 13.3. The van der Waals surface area contributed by atoms with E-state index >= 15 is 0 Å². The van der Waals surface area contributed by atoms with Gasteiger partial charge in [-0.3, -0.25) is 19.6 Å². The van der Waals surface area contributed by atoms with Crippen LogP contribution in [0.3, 0.4) is 0 Å². The van der Waals surface area contributed by atoms with E-state index in [9.17, 15) is 28.1 Å². The number of dihydropyridines is 1. The molecule has 12 nitrogen and oxygen atoms in total. The summed E-state index contributed by atoms with van der Waals surface area (Å²) in [6, 6.07) is 23.3. The molecule has 1 unspecified atom stereocenters. The van der Waals surface area contributed by atoms with E-state index in [1.54, 1.807) is 38.1 Å². The van der Waals surface area contributed by atoms with Crippen molar-refractivity contribution in [3.63, 3.8) is 0 Å². The molecule has 0 aliphatic carbocycles. The van der Waals surface area contributed by atoms with Gasteiger partial charge in [0.25, 0.3) is 15.8 Å². The summed E-state index contributed by atoms with van der Waals surface area (Å²) in [5, 5.41) is 14.4. The maximum Gasteiger partial charge on any atom is 0.336 e. The van der Waals surface area contributed by atoms with Crippen LogP contribution in [0.4, 0.5) is 5.69 Å². The van der Waals surface area contributed by atoms with Crippen LogP contribution in [0, 0.1) is 10.1 Å². The Balaban J connectivity index is 0.000000468. The number of carbonyl (C=O) groups excluding carboxylic acids is 2. The van der Waals surface area contributed by atoms with Gasteiger partial charge in [0.05, 0.1) is 34.0 Å². The van der Waals surface area contributed by atoms with Gasteiger partial charge < -0.3 is 14.8 Å². The number of nitro benzene ring substituents is 1. The van der Waals surface area contributed by atoms with Gasteiger partial charge in [-0.05, 0) is 44.2 Å². The second kappa shape index (κ2) is 15.7. The number of non-ortho nitro benzene ring substituents is 1. The average molecular weight is 638 g/mol. The number of rotatable bonds is 10. The van der Waals surface area contributed by atoms with Crippen LogP contribution in [0.25, 0.3) is 0 Å². The Morgan fingerprint density at radius 2 is 1.51 bits per heavy atom. The number of likely N-dealkylation sites (N-methyl/N-ethyl adjacent to an activating group) is 1. The Hall–Kier alpha value is -4.85. The minimum atomic E-state index is -4.00. The zero-order chi connectivity index (χ0) is 33.1. The van der Waals surface area contributed by atoms with Crippen LogP contribution < -0.4 is 5.32 Å². The van der Waals surface area contributed by atoms with Gasteiger partial charge in [-0.25, -0.2) is 9.59 Å². The van der Waals surface area contributed by atoms with Crippen molar-refractivity contribution in [1.29, 1.82) is 0 Å². The lowest BCUT2D eigenvalue weighted by Gasteiger charge is -2.30. The number of nitro groups is 1. The third kappa shape index (κ3) is 9.57. The summed E-state index contributed by atoms with van der Waals surface area (Å²) in [5.74, 6) is -2.11. The van der Waals surface area contributed by atoms with Crippen molar-refractivity contribution in [3.05, 3.63) is 129 Å². The fourth-order valence-electron chi connectivity index (χ4n) is 4.73. The lowest BCUT2D eigenvalue weighted by Crippen LogP contribution is -2.33. The molecular formula is C32H35N3O9S. The standard InChI is InChI=1S/C26H29N3O6.C6H6O3S/c1-17-22(25(30)34-4)24(20-11-8-12-21(15-20)29(32)33)23(18(2)27-17)26(31)35-14-13-28(3)16-19-9-6-5-7-10-19;7-10(8,9)6-4-2-1-3-5-6/h5-12,15,24,27H,13-14,16H2,1-4H3;1-5H,(H,7,8,9). The molecule has 45 heavy (non-hydrogen) atoms. The van der Waals surface area contributed by atoms with Gasteiger partial charge in [-0.2, -0.15) is 8.42 Å². The van der Waals surface area contributed by atoms with Crippen molar-refractivity contribution >= 4 is 27.7 Å². The lowest BCUT2D eigenvalue weighted by molar-refractivity contribution is -0.384. The molecule has 0 bridgehead atoms. The number of hydrogen-bond acceptors (Lipinski definition) is 10. The molecule has 1 heterocycles. The Labute approximate surface area is 261 Å². The van der Waals surface area contributed by atoms with Crippen LogP contribution >= 0.6 is 0 Å². The highest BCUT2D eigenvalue weighted by Crippen LogP contribution is 2.40. The first-order valence-corrected chi connectivity index (χ1v) is 15.2. The molecule has 13 heteroatoms. The van der Waals surface area contributed by atoms with Crippen molar-refractivity contribution in [2.45, 2.75) is 31.2 Å². The van der Waals surface area contributed by atoms with Crippen LogP contribution in [-0.4, -0.2) is 62.0 Å². The zero-order valence-corrected chi connectivity index (χ0v) is 26.1. The van der Waals surface area contributed by atoms with Crippen LogP contribution in [0.2, 0.25) is 0 Å². The van der Waals surface area contributed by atoms with Crippen molar-refractivity contribution in [1.82, 2.24) is 10.2 Å². The monoisotopic (exact) mass is 637 g/mol. The highest BCUT2D eigenvalue weighted by molar-refractivity contribution is 7.85. The van der Waals surface area contributed by atoms with Crippen LogP contribution in [0.5, 0.6) is 0 Å². The number of hydrogen-bond donors (Lipinski definition) is 2. The van der Waals surface area contributed by atoms with E-state index in [4.69, 9.17) is 14.0 Å². The highest BCUT2D eigenvalue weighted by Gasteiger charge is 2.38. The minimum absolute atomic E-state index is 0.0741. The molecule has 0 fully saturated rings. The first kappa shape index (κ1) is 34.6. The summed E-state index contributed by atoms with van der Waals surface area (Å²) in [6.07, 6.45) is 0. The Kier molecular flexibility index (Phi) is 12.1. The molecule has 0 spiro atoms. The molecule has 1 aliphatic rings. The number of benzene rings is 3. The van der Waals surface area contributed by atoms with Crippen molar-refractivity contribution in [3.8, 4) is 0 Å². The van der Waals surface area contributed by atoms with E-state index in [-0.39, 0.29) is 28.3 Å². The second-order valence-corrected chi connectivity index (χ2v) is 11.5. The molecular weight excluding hydrogens is 602 g/mol. The molecule has 3 aromatic carbocycles. The third-order valence-electron chi connectivity index (χ3n) is 6.84. The number of nitrogens with one attached hydrogen (secondary N) is 1. The fraction of sp³-hybridized carbons (Fsp3) is 0.250. The van der Waals surface area contributed by atoms with Gasteiger partial charge in [0.2, 0.25) is 0 Å². The molecule has 0 amide bonds. The van der Waals surface area contributed by atoms with Gasteiger partial charge in [-0.15, -0.1) is 0 Å². The largest absolute Gasteiger partial charge is 0.466 e. The van der Waals surface area contributed by atoms with E-state index in [0.29, 0.717) is 30.0 Å². The SMILES string of the molecule is COC(=O)C1=C(C)NC(C)=C(C(=O)OCCN(C)Cc2ccccc2)C1c1cccc([N+](=O)[O-])c1.O=S(=O)(O)c1ccccc1. The van der Waals surface area contributed by atoms with Crippen LogP contribution in [0.1, 0.15) is 30.9 Å². The number of nitrogens with zero attached hydrogens (tertiary/aromatic N) is 2. The second-order valence-electron chi connectivity index (χ2n) is 10.1. The Morgan fingerprint density at radius 3 is 2.04 bits per heavy atom. The zero-order valence-electron chi connectivity index (χ0n) is 25.3. The summed E-state index contributed by atoms with van der Waals surface area (Å²) in [6.45, 7) is 4.74. The van der Waals surface area contributed by atoms with Crippen LogP contribution in [0.15, 0.2) is 112 Å². The molecule has 1 atom stereocenters. The fourth-order valence-corrected chi connectivity index (χ4v) is 5.24. The maximum atomic E-state index is 13.3. The normalized spacial score (nSPS) is 14.7. The third-order valence-corrected chi connectivity index (χ3v) is 7.71. The Bertz CT molecular complexity index is 1690. The Morgan fingerprint density at radius 1 is 0.933 bits per heavy atom. The van der Waals surface area contributed by atoms with Gasteiger partial charge >= 0.3 is 11.9 Å². The summed E-state index contributed by atoms with van der Waals surface area (Å²) in [4.78, 5) is 38.8. The summed E-state index contributed by atoms with van der Waals surface area (Å²) >= 11 is 0. The van der Waals surface area contributed by atoms with Crippen molar-refractivity contribution in [2.24, 2.45) is 0 Å². The summed E-state index contributed by atoms with van der Waals surface area (Å²) in [5.41, 5.74) is 2.85. The number of methoxy groups -OCH3 is 1. The molecule has 4 rings (SSSR count). The quantitative estimate of drug-likeness (QED) is 0.138. The van der Waals surface area contributed by atoms with Gasteiger partial charge in [0.15, 0.2) is 0 Å². The average Bonchev–Trinajstić information content (AvgIpc) is 3.01. The molecule has 0 saturated carbocycles. The highest BCUT2D eigenvalue weighted by atomic mass is 32.2. The number of ether oxygens (including phenoxy) is 2. The van der Waals surface area contributed by atoms with Crippen molar-refractivity contribution in [2.75, 3.05) is 27.3 Å². The molecule has 1 aliphatic heterocycles. The van der Waals surface area contributed by atoms with Crippen molar-refractivity contribution < 1.29 is 37.0 Å². The van der Waals surface area contributed by atoms with Gasteiger partial charge in [-0.1, -0.05) is 60.7 Å². The molecule has 0 radical (unpaired) electrons. The first-order chi connectivity index (χ1) is 21.3. The van der Waals surface area contributed by atoms with Gasteiger partial charge in [0, 0.05) is 36.6 Å². The molecule has 0 aromatic heterocycles. The molecule has 238 valence electrons.